The molecule has 1 aromatic carbocycles. The summed E-state index contributed by atoms with van der Waals surface area (Å²) in [6.07, 6.45) is 0.219. The predicted molar refractivity (Wildman–Crippen MR) is 64.7 cm³/mol. The molecule has 0 heterocycles. The Labute approximate surface area is 112 Å². The van der Waals surface area contributed by atoms with Crippen LogP contribution in [0.5, 0.6) is 0 Å². The minimum atomic E-state index is -4.64. The standard InChI is InChI=1S/C13H9F3N2O2/c1-2-3-11(12(19)20)18-9-4-5-10(13(14,15)16)8(6-9)7-17/h1,4-6,11,18H,3H2,(H,19,20). The molecule has 0 aliphatic heterocycles. The number of anilines is 1. The lowest BCUT2D eigenvalue weighted by molar-refractivity contribution is -0.138. The summed E-state index contributed by atoms with van der Waals surface area (Å²) in [5, 5.41) is 20.1. The number of hydrogen-bond acceptors (Lipinski definition) is 3. The highest BCUT2D eigenvalue weighted by molar-refractivity contribution is 5.78. The van der Waals surface area contributed by atoms with Gasteiger partial charge >= 0.3 is 12.1 Å². The molecule has 4 nitrogen and oxygen atoms in total. The molecule has 0 saturated carbocycles. The Hall–Kier alpha value is -2.67. The number of halogens is 3. The fraction of sp³-hybridized carbons (Fsp3) is 0.231. The van der Waals surface area contributed by atoms with Crippen molar-refractivity contribution in [1.82, 2.24) is 0 Å². The molecule has 0 aliphatic carbocycles. The Kier molecular flexibility index (Phi) is 4.60. The highest BCUT2D eigenvalue weighted by Gasteiger charge is 2.33. The number of nitriles is 1. The van der Waals surface area contributed by atoms with E-state index in [9.17, 15) is 18.0 Å². The average molecular weight is 282 g/mol. The van der Waals surface area contributed by atoms with Gasteiger partial charge < -0.3 is 10.4 Å². The van der Waals surface area contributed by atoms with Crippen LogP contribution in [0.15, 0.2) is 18.2 Å². The van der Waals surface area contributed by atoms with E-state index >= 15 is 0 Å². The number of carbonyl (C=O) groups is 1. The smallest absolute Gasteiger partial charge is 0.417 e. The molecule has 1 rings (SSSR count). The number of terminal acetylenes is 1. The zero-order valence-corrected chi connectivity index (χ0v) is 10.0. The van der Waals surface area contributed by atoms with Gasteiger partial charge in [0.15, 0.2) is 0 Å². The van der Waals surface area contributed by atoms with E-state index < -0.39 is 29.3 Å². The minimum Gasteiger partial charge on any atom is -0.480 e. The van der Waals surface area contributed by atoms with Crippen molar-refractivity contribution >= 4 is 11.7 Å². The molecule has 104 valence electrons. The van der Waals surface area contributed by atoms with Gasteiger partial charge in [-0.25, -0.2) is 4.79 Å². The van der Waals surface area contributed by atoms with Gasteiger partial charge in [-0.1, -0.05) is 0 Å². The van der Waals surface area contributed by atoms with Crippen LogP contribution in [0, 0.1) is 23.7 Å². The molecule has 7 heteroatoms. The number of nitrogens with one attached hydrogen (secondary N) is 1. The van der Waals surface area contributed by atoms with Gasteiger partial charge in [-0.05, 0) is 18.2 Å². The zero-order chi connectivity index (χ0) is 15.3. The fourth-order valence-electron chi connectivity index (χ4n) is 1.49. The lowest BCUT2D eigenvalue weighted by Crippen LogP contribution is -2.28. The van der Waals surface area contributed by atoms with Crippen molar-refractivity contribution in [2.24, 2.45) is 0 Å². The van der Waals surface area contributed by atoms with E-state index in [1.54, 1.807) is 0 Å². The van der Waals surface area contributed by atoms with E-state index in [0.29, 0.717) is 0 Å². The van der Waals surface area contributed by atoms with Gasteiger partial charge in [0, 0.05) is 12.1 Å². The second kappa shape index (κ2) is 5.98. The van der Waals surface area contributed by atoms with E-state index in [0.717, 1.165) is 18.2 Å². The van der Waals surface area contributed by atoms with E-state index in [2.05, 4.69) is 11.2 Å². The highest BCUT2D eigenvalue weighted by atomic mass is 19.4. The first-order valence-electron chi connectivity index (χ1n) is 5.33. The molecule has 0 bridgehead atoms. The molecule has 0 aromatic heterocycles. The summed E-state index contributed by atoms with van der Waals surface area (Å²) in [6.45, 7) is 0. The van der Waals surface area contributed by atoms with Crippen molar-refractivity contribution < 1.29 is 23.1 Å². The van der Waals surface area contributed by atoms with Crippen molar-refractivity contribution in [3.8, 4) is 18.4 Å². The molecular formula is C13H9F3N2O2. The number of aliphatic carboxylic acids is 1. The van der Waals surface area contributed by atoms with E-state index in [-0.39, 0.29) is 12.1 Å². The number of rotatable bonds is 4. The lowest BCUT2D eigenvalue weighted by atomic mass is 10.1. The topological polar surface area (TPSA) is 73.1 Å². The van der Waals surface area contributed by atoms with Gasteiger partial charge in [0.1, 0.15) is 6.04 Å². The molecule has 20 heavy (non-hydrogen) atoms. The normalized spacial score (nSPS) is 12.1. The lowest BCUT2D eigenvalue weighted by Gasteiger charge is -2.15. The van der Waals surface area contributed by atoms with Crippen molar-refractivity contribution in [3.05, 3.63) is 29.3 Å². The first-order chi connectivity index (χ1) is 9.29. The van der Waals surface area contributed by atoms with Crippen LogP contribution in [0.2, 0.25) is 0 Å². The maximum Gasteiger partial charge on any atom is 0.417 e. The maximum absolute atomic E-state index is 12.6. The van der Waals surface area contributed by atoms with Gasteiger partial charge in [0.25, 0.3) is 0 Å². The number of carboxylic acids is 1. The molecule has 0 radical (unpaired) electrons. The first-order valence-corrected chi connectivity index (χ1v) is 5.33. The SMILES string of the molecule is C#CCC(Nc1ccc(C(F)(F)F)c(C#N)c1)C(=O)O. The molecule has 0 amide bonds. The summed E-state index contributed by atoms with van der Waals surface area (Å²) >= 11 is 0. The first kappa shape index (κ1) is 15.4. The summed E-state index contributed by atoms with van der Waals surface area (Å²) in [4.78, 5) is 10.9. The van der Waals surface area contributed by atoms with Crippen LogP contribution in [-0.4, -0.2) is 17.1 Å². The molecule has 0 aliphatic rings. The number of carboxylic acid groups (broad SMARTS) is 1. The Morgan fingerprint density at radius 3 is 2.60 bits per heavy atom. The molecule has 1 aromatic rings. The maximum atomic E-state index is 12.6. The van der Waals surface area contributed by atoms with Crippen LogP contribution in [0.4, 0.5) is 18.9 Å². The van der Waals surface area contributed by atoms with Crippen molar-refractivity contribution in [1.29, 1.82) is 5.26 Å². The average Bonchev–Trinajstić information content (AvgIpc) is 2.36. The van der Waals surface area contributed by atoms with Crippen LogP contribution in [-0.2, 0) is 11.0 Å². The quantitative estimate of drug-likeness (QED) is 0.832. The van der Waals surface area contributed by atoms with Gasteiger partial charge in [0.05, 0.1) is 17.2 Å². The van der Waals surface area contributed by atoms with Gasteiger partial charge in [-0.2, -0.15) is 18.4 Å². The van der Waals surface area contributed by atoms with E-state index in [1.165, 1.54) is 6.07 Å². The summed E-state index contributed by atoms with van der Waals surface area (Å²) in [6, 6.07) is 3.00. The monoisotopic (exact) mass is 282 g/mol. The van der Waals surface area contributed by atoms with Crippen molar-refractivity contribution in [3.63, 3.8) is 0 Å². The van der Waals surface area contributed by atoms with Crippen LogP contribution < -0.4 is 5.32 Å². The molecule has 1 atom stereocenters. The highest BCUT2D eigenvalue weighted by Crippen LogP contribution is 2.33. The van der Waals surface area contributed by atoms with Gasteiger partial charge in [-0.3, -0.25) is 0 Å². The third kappa shape index (κ3) is 3.66. The van der Waals surface area contributed by atoms with E-state index in [4.69, 9.17) is 16.8 Å². The second-order valence-corrected chi connectivity index (χ2v) is 3.81. The third-order valence-corrected chi connectivity index (χ3v) is 2.41. The van der Waals surface area contributed by atoms with Crippen LogP contribution in [0.25, 0.3) is 0 Å². The predicted octanol–water partition coefficient (Wildman–Crippen LogP) is 2.47. The number of nitrogens with zero attached hydrogens (tertiary/aromatic N) is 1. The fourth-order valence-corrected chi connectivity index (χ4v) is 1.49. The van der Waals surface area contributed by atoms with Gasteiger partial charge in [0.2, 0.25) is 0 Å². The third-order valence-electron chi connectivity index (χ3n) is 2.41. The Morgan fingerprint density at radius 2 is 2.15 bits per heavy atom. The summed E-state index contributed by atoms with van der Waals surface area (Å²) in [5.74, 6) is 0.910. The number of benzene rings is 1. The number of hydrogen-bond donors (Lipinski definition) is 2. The summed E-state index contributed by atoms with van der Waals surface area (Å²) in [7, 11) is 0. The van der Waals surface area contributed by atoms with Crippen molar-refractivity contribution in [2.45, 2.75) is 18.6 Å². The molecule has 1 unspecified atom stereocenters. The molecule has 0 spiro atoms. The second-order valence-electron chi connectivity index (χ2n) is 3.81. The number of alkyl halides is 3. The molecule has 2 N–H and O–H groups in total. The largest absolute Gasteiger partial charge is 0.480 e. The minimum absolute atomic E-state index is 0.0807. The van der Waals surface area contributed by atoms with Crippen LogP contribution >= 0.6 is 0 Å². The molecular weight excluding hydrogens is 273 g/mol. The summed E-state index contributed by atoms with van der Waals surface area (Å²) in [5.41, 5.74) is -1.58. The van der Waals surface area contributed by atoms with Crippen molar-refractivity contribution in [2.75, 3.05) is 5.32 Å². The molecule has 0 fully saturated rings. The summed E-state index contributed by atoms with van der Waals surface area (Å²) < 4.78 is 37.8. The Bertz CT molecular complexity index is 597. The zero-order valence-electron chi connectivity index (χ0n) is 10.0. The van der Waals surface area contributed by atoms with Crippen LogP contribution in [0.1, 0.15) is 17.5 Å². The van der Waals surface area contributed by atoms with Crippen LogP contribution in [0.3, 0.4) is 0 Å². The Balaban J connectivity index is 3.09. The van der Waals surface area contributed by atoms with Gasteiger partial charge in [-0.15, -0.1) is 12.3 Å². The van der Waals surface area contributed by atoms with E-state index in [1.807, 2.05) is 0 Å². The molecule has 0 saturated heterocycles. The Morgan fingerprint density at radius 1 is 1.50 bits per heavy atom.